The number of hydrogen-bond acceptors (Lipinski definition) is 7. The molecule has 1 aliphatic rings. The number of carbonyl (C=O) groups excluding carboxylic acids is 3. The molecule has 0 radical (unpaired) electrons. The van der Waals surface area contributed by atoms with E-state index in [0.717, 1.165) is 0 Å². The molecule has 3 aromatic carbocycles. The van der Waals surface area contributed by atoms with Gasteiger partial charge in [-0.1, -0.05) is 46.4 Å². The van der Waals surface area contributed by atoms with Crippen LogP contribution in [0.2, 0.25) is 15.1 Å². The molecule has 4 atom stereocenters. The predicted molar refractivity (Wildman–Crippen MR) is 138 cm³/mol. The summed E-state index contributed by atoms with van der Waals surface area (Å²) in [6.45, 7) is -0.725. The highest BCUT2D eigenvalue weighted by atomic mass is 35.5. The number of alkyl halides is 1. The molecule has 37 heavy (non-hydrogen) atoms. The van der Waals surface area contributed by atoms with Gasteiger partial charge in [0.25, 0.3) is 0 Å². The van der Waals surface area contributed by atoms with E-state index >= 15 is 0 Å². The van der Waals surface area contributed by atoms with Crippen molar-refractivity contribution in [2.24, 2.45) is 0 Å². The van der Waals surface area contributed by atoms with Crippen LogP contribution in [0.1, 0.15) is 31.1 Å². The monoisotopic (exact) mass is 582 g/mol. The maximum atomic E-state index is 13.7. The van der Waals surface area contributed by atoms with E-state index in [2.05, 4.69) is 0 Å². The van der Waals surface area contributed by atoms with E-state index < -0.39 is 47.0 Å². The number of benzene rings is 3. The van der Waals surface area contributed by atoms with E-state index in [-0.39, 0.29) is 16.7 Å². The Morgan fingerprint density at radius 1 is 0.703 bits per heavy atom. The number of ether oxygens (including phenoxy) is 2. The summed E-state index contributed by atoms with van der Waals surface area (Å²) in [7, 11) is 0. The number of halogens is 4. The summed E-state index contributed by atoms with van der Waals surface area (Å²) in [6.07, 6.45) is -1.73. The van der Waals surface area contributed by atoms with Gasteiger partial charge in [-0.3, -0.25) is 9.59 Å². The summed E-state index contributed by atoms with van der Waals surface area (Å²) in [6, 6.07) is 16.5. The average molecular weight is 584 g/mol. The first-order valence-corrected chi connectivity index (χ1v) is 12.3. The van der Waals surface area contributed by atoms with Crippen molar-refractivity contribution >= 4 is 63.9 Å². The number of Topliss-reactive ketones (excluding diaryl/α,β-unsaturated/α-hetero) is 2. The molecule has 11 heteroatoms. The average Bonchev–Trinajstić information content (AvgIpc) is 3.09. The summed E-state index contributed by atoms with van der Waals surface area (Å²) >= 11 is 23.9. The van der Waals surface area contributed by atoms with Crippen molar-refractivity contribution in [3.05, 3.63) is 105 Å². The van der Waals surface area contributed by atoms with Gasteiger partial charge < -0.3 is 19.7 Å². The molecule has 4 rings (SSSR count). The highest BCUT2D eigenvalue weighted by Gasteiger charge is 2.73. The Labute approximate surface area is 231 Å². The molecule has 2 N–H and O–H groups in total. The summed E-state index contributed by atoms with van der Waals surface area (Å²) in [5.74, 6) is -3.02. The molecular formula is C26H18Cl4O7. The van der Waals surface area contributed by atoms with Crippen molar-refractivity contribution in [3.63, 3.8) is 0 Å². The topological polar surface area (TPSA) is 110 Å². The summed E-state index contributed by atoms with van der Waals surface area (Å²) in [4.78, 5) is 39.7. The lowest BCUT2D eigenvalue weighted by Crippen LogP contribution is -2.67. The molecule has 1 aliphatic heterocycles. The zero-order valence-electron chi connectivity index (χ0n) is 18.7. The minimum atomic E-state index is -2.98. The zero-order valence-corrected chi connectivity index (χ0v) is 21.8. The standard InChI is InChI=1S/C26H18Cl4O7/c27-17-7-1-14(2-8-17)21(31)25(34)20(13-36-23(33)16-5-11-19(29)12-6-16)37-24(30)26(25,35)22(32)15-3-9-18(28)10-4-15/h1-12,20,24,34-35H,13H2/t20-,24+,25+,26+/m1/s1. The lowest BCUT2D eigenvalue weighted by atomic mass is 9.72. The van der Waals surface area contributed by atoms with Crippen LogP contribution < -0.4 is 0 Å². The van der Waals surface area contributed by atoms with Gasteiger partial charge in [-0.15, -0.1) is 0 Å². The van der Waals surface area contributed by atoms with Gasteiger partial charge in [0.05, 0.1) is 5.56 Å². The first kappa shape index (κ1) is 27.5. The van der Waals surface area contributed by atoms with Crippen LogP contribution in [0.5, 0.6) is 0 Å². The summed E-state index contributed by atoms with van der Waals surface area (Å²) in [5.41, 5.74) is -7.90. The first-order chi connectivity index (χ1) is 17.5. The number of carbonyl (C=O) groups is 3. The molecule has 0 saturated carbocycles. The normalized spacial score (nSPS) is 25.0. The van der Waals surface area contributed by atoms with Crippen LogP contribution in [0.3, 0.4) is 0 Å². The Hall–Kier alpha value is -2.49. The van der Waals surface area contributed by atoms with Gasteiger partial charge in [-0.2, -0.15) is 0 Å². The number of esters is 1. The fourth-order valence-corrected chi connectivity index (χ4v) is 4.75. The van der Waals surface area contributed by atoms with Gasteiger partial charge in [0.15, 0.2) is 11.2 Å². The van der Waals surface area contributed by atoms with Crippen LogP contribution >= 0.6 is 46.4 Å². The molecule has 1 saturated heterocycles. The molecule has 0 bridgehead atoms. The van der Waals surface area contributed by atoms with Gasteiger partial charge in [0, 0.05) is 26.2 Å². The van der Waals surface area contributed by atoms with Crippen molar-refractivity contribution in [2.75, 3.05) is 6.61 Å². The van der Waals surface area contributed by atoms with E-state index in [1.54, 1.807) is 0 Å². The second-order valence-corrected chi connectivity index (χ2v) is 9.96. The molecule has 0 spiro atoms. The molecule has 0 aromatic heterocycles. The van der Waals surface area contributed by atoms with E-state index in [0.29, 0.717) is 15.1 Å². The number of aliphatic hydroxyl groups is 2. The van der Waals surface area contributed by atoms with E-state index in [1.165, 1.54) is 72.8 Å². The minimum Gasteiger partial charge on any atom is -0.459 e. The Balaban J connectivity index is 1.73. The molecule has 0 amide bonds. The third kappa shape index (κ3) is 5.01. The molecule has 0 aliphatic carbocycles. The first-order valence-electron chi connectivity index (χ1n) is 10.8. The Morgan fingerprint density at radius 2 is 1.08 bits per heavy atom. The molecular weight excluding hydrogens is 566 g/mol. The van der Waals surface area contributed by atoms with Crippen LogP contribution in [0.4, 0.5) is 0 Å². The second-order valence-electron chi connectivity index (χ2n) is 8.25. The molecule has 7 nitrogen and oxygen atoms in total. The third-order valence-electron chi connectivity index (χ3n) is 6.01. The van der Waals surface area contributed by atoms with Crippen molar-refractivity contribution < 1.29 is 34.1 Å². The largest absolute Gasteiger partial charge is 0.459 e. The lowest BCUT2D eigenvalue weighted by molar-refractivity contribution is -0.0959. The van der Waals surface area contributed by atoms with Crippen LogP contribution in [-0.4, -0.2) is 57.2 Å². The fraction of sp³-hybridized carbons (Fsp3) is 0.192. The fourth-order valence-electron chi connectivity index (χ4n) is 3.98. The number of ketones is 2. The maximum Gasteiger partial charge on any atom is 0.338 e. The second kappa shape index (κ2) is 10.7. The van der Waals surface area contributed by atoms with Crippen molar-refractivity contribution in [3.8, 4) is 0 Å². The Kier molecular flexibility index (Phi) is 7.97. The Morgan fingerprint density at radius 3 is 1.51 bits per heavy atom. The van der Waals surface area contributed by atoms with E-state index in [1.807, 2.05) is 0 Å². The van der Waals surface area contributed by atoms with E-state index in [9.17, 15) is 24.6 Å². The van der Waals surface area contributed by atoms with Crippen molar-refractivity contribution in [1.82, 2.24) is 0 Å². The molecule has 1 fully saturated rings. The summed E-state index contributed by atoms with van der Waals surface area (Å²) < 4.78 is 10.8. The van der Waals surface area contributed by atoms with Crippen LogP contribution in [-0.2, 0) is 9.47 Å². The summed E-state index contributed by atoms with van der Waals surface area (Å²) in [5, 5.41) is 24.5. The van der Waals surface area contributed by atoms with Gasteiger partial charge in [0.1, 0.15) is 12.7 Å². The SMILES string of the molecule is O=C(OC[C@H]1O[C@H](Cl)[C@@](O)(C(=O)c2ccc(Cl)cc2)[C@@]1(O)C(=O)c1ccc(Cl)cc1)c1ccc(Cl)cc1. The van der Waals surface area contributed by atoms with Crippen molar-refractivity contribution in [2.45, 2.75) is 22.9 Å². The van der Waals surface area contributed by atoms with Gasteiger partial charge >= 0.3 is 5.97 Å². The smallest absolute Gasteiger partial charge is 0.338 e. The third-order valence-corrected chi connectivity index (χ3v) is 7.18. The molecule has 3 aromatic rings. The van der Waals surface area contributed by atoms with Gasteiger partial charge in [-0.05, 0) is 72.8 Å². The van der Waals surface area contributed by atoms with Crippen LogP contribution in [0.15, 0.2) is 72.8 Å². The van der Waals surface area contributed by atoms with Gasteiger partial charge in [-0.25, -0.2) is 4.79 Å². The number of rotatable bonds is 7. The minimum absolute atomic E-state index is 0.0951. The lowest BCUT2D eigenvalue weighted by Gasteiger charge is -2.37. The Bertz CT molecular complexity index is 1330. The molecule has 192 valence electrons. The highest BCUT2D eigenvalue weighted by molar-refractivity contribution is 6.31. The van der Waals surface area contributed by atoms with Gasteiger partial charge in [0.2, 0.25) is 17.2 Å². The van der Waals surface area contributed by atoms with Crippen molar-refractivity contribution in [1.29, 1.82) is 0 Å². The number of hydrogen-bond donors (Lipinski definition) is 2. The molecule has 1 heterocycles. The molecule has 0 unspecified atom stereocenters. The predicted octanol–water partition coefficient (Wildman–Crippen LogP) is 5.00. The van der Waals surface area contributed by atoms with Crippen LogP contribution in [0, 0.1) is 0 Å². The van der Waals surface area contributed by atoms with E-state index in [4.69, 9.17) is 55.9 Å². The quantitative estimate of drug-likeness (QED) is 0.229. The maximum absolute atomic E-state index is 13.7. The van der Waals surface area contributed by atoms with Crippen LogP contribution in [0.25, 0.3) is 0 Å². The zero-order chi connectivity index (χ0) is 27.0. The highest BCUT2D eigenvalue weighted by Crippen LogP contribution is 2.46.